The Kier molecular flexibility index (Phi) is 5.28. The molecule has 1 unspecified atom stereocenters. The van der Waals surface area contributed by atoms with Gasteiger partial charge in [0, 0.05) is 16.7 Å². The van der Waals surface area contributed by atoms with Gasteiger partial charge in [-0.25, -0.2) is 0 Å². The summed E-state index contributed by atoms with van der Waals surface area (Å²) in [6, 6.07) is 12.3. The highest BCUT2D eigenvalue weighted by molar-refractivity contribution is 6.31. The Balaban J connectivity index is 2.20. The van der Waals surface area contributed by atoms with E-state index in [0.717, 1.165) is 5.56 Å². The van der Waals surface area contributed by atoms with Gasteiger partial charge < -0.3 is 14.8 Å². The normalized spacial score (nSPS) is 11.6. The number of carbonyl (C=O) groups excluding carboxylic acids is 1. The Labute approximate surface area is 135 Å². The minimum absolute atomic E-state index is 0.210. The van der Waals surface area contributed by atoms with E-state index in [1.54, 1.807) is 38.5 Å². The van der Waals surface area contributed by atoms with Crippen LogP contribution in [0, 0.1) is 0 Å². The maximum absolute atomic E-state index is 12.4. The van der Waals surface area contributed by atoms with E-state index in [1.165, 1.54) is 0 Å². The van der Waals surface area contributed by atoms with Crippen LogP contribution in [0.25, 0.3) is 0 Å². The number of amides is 1. The van der Waals surface area contributed by atoms with E-state index in [1.807, 2.05) is 25.1 Å². The molecule has 0 heterocycles. The van der Waals surface area contributed by atoms with Crippen molar-refractivity contribution in [3.63, 3.8) is 0 Å². The molecule has 4 nitrogen and oxygen atoms in total. The van der Waals surface area contributed by atoms with Gasteiger partial charge in [-0.1, -0.05) is 29.8 Å². The second-order valence-electron chi connectivity index (χ2n) is 4.82. The van der Waals surface area contributed by atoms with E-state index in [0.29, 0.717) is 22.1 Å². The molecule has 1 N–H and O–H groups in total. The zero-order valence-electron chi connectivity index (χ0n) is 12.7. The highest BCUT2D eigenvalue weighted by Gasteiger charge is 2.15. The lowest BCUT2D eigenvalue weighted by Gasteiger charge is -2.16. The number of hydrogen-bond donors (Lipinski definition) is 1. The molecule has 0 aliphatic heterocycles. The molecule has 0 bridgehead atoms. The van der Waals surface area contributed by atoms with Crippen molar-refractivity contribution in [3.05, 3.63) is 58.6 Å². The Morgan fingerprint density at radius 2 is 1.68 bits per heavy atom. The van der Waals surface area contributed by atoms with Crippen molar-refractivity contribution < 1.29 is 14.3 Å². The fraction of sp³-hybridized carbons (Fsp3) is 0.235. The Morgan fingerprint density at radius 1 is 1.09 bits per heavy atom. The van der Waals surface area contributed by atoms with Crippen molar-refractivity contribution in [2.24, 2.45) is 0 Å². The Morgan fingerprint density at radius 3 is 2.23 bits per heavy atom. The zero-order chi connectivity index (χ0) is 16.1. The van der Waals surface area contributed by atoms with E-state index in [2.05, 4.69) is 5.32 Å². The first-order valence-electron chi connectivity index (χ1n) is 6.83. The second-order valence-corrected chi connectivity index (χ2v) is 5.23. The van der Waals surface area contributed by atoms with Gasteiger partial charge in [-0.05, 0) is 30.7 Å². The van der Waals surface area contributed by atoms with Crippen LogP contribution >= 0.6 is 11.6 Å². The summed E-state index contributed by atoms with van der Waals surface area (Å²) in [5.41, 5.74) is 1.34. The number of halogens is 1. The van der Waals surface area contributed by atoms with Crippen LogP contribution in [0.1, 0.15) is 28.9 Å². The van der Waals surface area contributed by atoms with Gasteiger partial charge in [0.25, 0.3) is 5.91 Å². The highest BCUT2D eigenvalue weighted by Crippen LogP contribution is 2.25. The van der Waals surface area contributed by atoms with Crippen LogP contribution in [0.15, 0.2) is 42.5 Å². The monoisotopic (exact) mass is 319 g/mol. The topological polar surface area (TPSA) is 47.6 Å². The number of ether oxygens (including phenoxy) is 2. The van der Waals surface area contributed by atoms with Crippen molar-refractivity contribution >= 4 is 17.5 Å². The summed E-state index contributed by atoms with van der Waals surface area (Å²) < 4.78 is 10.4. The molecule has 0 aromatic heterocycles. The third-order valence-corrected chi connectivity index (χ3v) is 3.68. The largest absolute Gasteiger partial charge is 0.497 e. The van der Waals surface area contributed by atoms with Crippen LogP contribution in [-0.2, 0) is 0 Å². The standard InChI is InChI=1S/C17H18ClNO3/c1-11(15-6-4-5-7-16(15)18)19-17(20)12-8-13(21-2)10-14(9-12)22-3/h4-11H,1-3H3,(H,19,20). The predicted octanol–water partition coefficient (Wildman–Crippen LogP) is 3.85. The summed E-state index contributed by atoms with van der Waals surface area (Å²) in [6.45, 7) is 1.89. The lowest BCUT2D eigenvalue weighted by atomic mass is 10.1. The Hall–Kier alpha value is -2.20. The van der Waals surface area contributed by atoms with Crippen molar-refractivity contribution in [2.75, 3.05) is 14.2 Å². The minimum atomic E-state index is -0.218. The molecule has 0 aliphatic carbocycles. The summed E-state index contributed by atoms with van der Waals surface area (Å²) in [4.78, 5) is 12.4. The highest BCUT2D eigenvalue weighted by atomic mass is 35.5. The molecule has 2 aromatic rings. The minimum Gasteiger partial charge on any atom is -0.497 e. The lowest BCUT2D eigenvalue weighted by Crippen LogP contribution is -2.26. The average molecular weight is 320 g/mol. The van der Waals surface area contributed by atoms with Gasteiger partial charge in [0.05, 0.1) is 20.3 Å². The van der Waals surface area contributed by atoms with Crippen molar-refractivity contribution in [3.8, 4) is 11.5 Å². The molecule has 2 aromatic carbocycles. The number of carbonyl (C=O) groups is 1. The van der Waals surface area contributed by atoms with E-state index < -0.39 is 0 Å². The lowest BCUT2D eigenvalue weighted by molar-refractivity contribution is 0.0939. The summed E-state index contributed by atoms with van der Waals surface area (Å²) in [6.07, 6.45) is 0. The van der Waals surface area contributed by atoms with E-state index in [-0.39, 0.29) is 11.9 Å². The van der Waals surface area contributed by atoms with Crippen molar-refractivity contribution in [1.82, 2.24) is 5.32 Å². The molecule has 0 fully saturated rings. The average Bonchev–Trinajstić information content (AvgIpc) is 2.54. The van der Waals surface area contributed by atoms with Crippen LogP contribution in [0.2, 0.25) is 5.02 Å². The molecular weight excluding hydrogens is 302 g/mol. The Bertz CT molecular complexity index is 650. The molecular formula is C17H18ClNO3. The molecule has 0 saturated heterocycles. The van der Waals surface area contributed by atoms with Gasteiger partial charge in [0.1, 0.15) is 11.5 Å². The molecule has 0 spiro atoms. The fourth-order valence-corrected chi connectivity index (χ4v) is 2.42. The van der Waals surface area contributed by atoms with Crippen LogP contribution in [0.4, 0.5) is 0 Å². The van der Waals surface area contributed by atoms with E-state index in [9.17, 15) is 4.79 Å². The SMILES string of the molecule is COc1cc(OC)cc(C(=O)NC(C)c2ccccc2Cl)c1. The first-order chi connectivity index (χ1) is 10.5. The number of benzene rings is 2. The first kappa shape index (κ1) is 16.2. The molecule has 1 atom stereocenters. The van der Waals surface area contributed by atoms with Gasteiger partial charge in [0.2, 0.25) is 0 Å². The van der Waals surface area contributed by atoms with Crippen LogP contribution in [-0.4, -0.2) is 20.1 Å². The predicted molar refractivity (Wildman–Crippen MR) is 86.9 cm³/mol. The maximum Gasteiger partial charge on any atom is 0.252 e. The molecule has 0 saturated carbocycles. The fourth-order valence-electron chi connectivity index (χ4n) is 2.12. The third kappa shape index (κ3) is 3.71. The quantitative estimate of drug-likeness (QED) is 0.910. The van der Waals surface area contributed by atoms with E-state index >= 15 is 0 Å². The maximum atomic E-state index is 12.4. The third-order valence-electron chi connectivity index (χ3n) is 3.33. The van der Waals surface area contributed by atoms with Gasteiger partial charge >= 0.3 is 0 Å². The van der Waals surface area contributed by atoms with Crippen LogP contribution < -0.4 is 14.8 Å². The molecule has 1 amide bonds. The van der Waals surface area contributed by atoms with Crippen molar-refractivity contribution in [1.29, 1.82) is 0 Å². The number of methoxy groups -OCH3 is 2. The second kappa shape index (κ2) is 7.18. The number of rotatable bonds is 5. The zero-order valence-corrected chi connectivity index (χ0v) is 13.5. The van der Waals surface area contributed by atoms with Crippen molar-refractivity contribution in [2.45, 2.75) is 13.0 Å². The van der Waals surface area contributed by atoms with Crippen LogP contribution in [0.3, 0.4) is 0 Å². The van der Waals surface area contributed by atoms with Gasteiger partial charge in [-0.3, -0.25) is 4.79 Å². The van der Waals surface area contributed by atoms with E-state index in [4.69, 9.17) is 21.1 Å². The molecule has 0 aliphatic rings. The van der Waals surface area contributed by atoms with Gasteiger partial charge in [0.15, 0.2) is 0 Å². The van der Waals surface area contributed by atoms with Crippen LogP contribution in [0.5, 0.6) is 11.5 Å². The summed E-state index contributed by atoms with van der Waals surface area (Å²) in [7, 11) is 3.09. The number of nitrogens with one attached hydrogen (secondary N) is 1. The smallest absolute Gasteiger partial charge is 0.252 e. The molecule has 22 heavy (non-hydrogen) atoms. The summed E-state index contributed by atoms with van der Waals surface area (Å²) >= 11 is 6.15. The summed E-state index contributed by atoms with van der Waals surface area (Å²) in [5, 5.41) is 3.55. The molecule has 2 rings (SSSR count). The van der Waals surface area contributed by atoms with Gasteiger partial charge in [-0.2, -0.15) is 0 Å². The number of hydrogen-bond acceptors (Lipinski definition) is 3. The van der Waals surface area contributed by atoms with Gasteiger partial charge in [-0.15, -0.1) is 0 Å². The first-order valence-corrected chi connectivity index (χ1v) is 7.21. The molecule has 116 valence electrons. The molecule has 0 radical (unpaired) electrons. The summed E-state index contributed by atoms with van der Waals surface area (Å²) in [5.74, 6) is 0.911. The molecule has 5 heteroatoms.